The fourth-order valence-electron chi connectivity index (χ4n) is 8.56. The summed E-state index contributed by atoms with van der Waals surface area (Å²) in [4.78, 5) is 2.79. The average molecular weight is 779 g/mol. The summed E-state index contributed by atoms with van der Waals surface area (Å²) >= 11 is 3.83. The molecule has 10 rings (SSSR count). The zero-order chi connectivity index (χ0) is 38.8. The molecule has 0 bridgehead atoms. The van der Waals surface area contributed by atoms with Gasteiger partial charge in [-0.25, -0.2) is 0 Å². The first-order valence-electron chi connectivity index (χ1n) is 20.2. The van der Waals surface area contributed by atoms with Crippen LogP contribution in [0.5, 0.6) is 0 Å². The Hall–Kier alpha value is -6.19. The minimum atomic E-state index is 0.868. The molecular formula is C56H42S2. The van der Waals surface area contributed by atoms with E-state index in [1.807, 2.05) is 23.1 Å². The van der Waals surface area contributed by atoms with E-state index in [4.69, 9.17) is 0 Å². The summed E-state index contributed by atoms with van der Waals surface area (Å²) in [5.41, 5.74) is 8.94. The fraction of sp³-hybridized carbons (Fsp3) is 0.0714. The Bertz CT molecular complexity index is 3120. The van der Waals surface area contributed by atoms with Crippen molar-refractivity contribution in [3.05, 3.63) is 222 Å². The zero-order valence-electron chi connectivity index (χ0n) is 32.5. The van der Waals surface area contributed by atoms with Crippen molar-refractivity contribution in [1.82, 2.24) is 0 Å². The molecule has 2 heterocycles. The van der Waals surface area contributed by atoms with Crippen LogP contribution in [0.3, 0.4) is 0 Å². The van der Waals surface area contributed by atoms with E-state index in [0.29, 0.717) is 0 Å². The molecule has 0 spiro atoms. The van der Waals surface area contributed by atoms with Gasteiger partial charge in [-0.2, -0.15) is 0 Å². The SMILES string of the molecule is C/C(=C\C=C1/Cc2ccc3cc4sc5ccccc5c4cc3c2S1)c1ccccccc(-c2c3ccccc3c(C3=C/C=C\C/C=C\C=C/C3)c3ccccc23)cc1. The lowest BCUT2D eigenvalue weighted by Crippen LogP contribution is -1.93. The maximum absolute atomic E-state index is 2.44. The Morgan fingerprint density at radius 2 is 1.24 bits per heavy atom. The Kier molecular flexibility index (Phi) is 9.97. The van der Waals surface area contributed by atoms with E-state index in [-0.39, 0.29) is 0 Å². The molecule has 0 saturated heterocycles. The van der Waals surface area contributed by atoms with E-state index in [9.17, 15) is 0 Å². The number of fused-ring (bicyclic) bond motifs is 8. The smallest absolute Gasteiger partial charge is 0.0361 e. The number of hydrogen-bond donors (Lipinski definition) is 0. The molecule has 0 fully saturated rings. The number of allylic oxidation sites excluding steroid dienone is 12. The third kappa shape index (κ3) is 6.94. The predicted octanol–water partition coefficient (Wildman–Crippen LogP) is 16.8. The van der Waals surface area contributed by atoms with Crippen LogP contribution < -0.4 is 0 Å². The average Bonchev–Trinajstić information content (AvgIpc) is 3.86. The van der Waals surface area contributed by atoms with Gasteiger partial charge in [0.05, 0.1) is 0 Å². The number of rotatable bonds is 4. The van der Waals surface area contributed by atoms with Crippen LogP contribution in [0.1, 0.15) is 36.5 Å². The number of thioether (sulfide) groups is 1. The molecule has 0 radical (unpaired) electrons. The molecule has 0 amide bonds. The van der Waals surface area contributed by atoms with Gasteiger partial charge in [-0.05, 0) is 114 Å². The third-order valence-electron chi connectivity index (χ3n) is 11.4. The summed E-state index contributed by atoms with van der Waals surface area (Å²) in [6, 6.07) is 53.9. The molecular weight excluding hydrogens is 737 g/mol. The van der Waals surface area contributed by atoms with Crippen molar-refractivity contribution in [2.45, 2.75) is 31.1 Å². The Morgan fingerprint density at radius 3 is 2.05 bits per heavy atom. The number of hydrogen-bond acceptors (Lipinski definition) is 2. The van der Waals surface area contributed by atoms with Crippen LogP contribution in [0.25, 0.3) is 74.8 Å². The van der Waals surface area contributed by atoms with Gasteiger partial charge in [0.25, 0.3) is 0 Å². The van der Waals surface area contributed by atoms with Gasteiger partial charge in [0.2, 0.25) is 0 Å². The van der Waals surface area contributed by atoms with E-state index < -0.39 is 0 Å². The summed E-state index contributed by atoms with van der Waals surface area (Å²) in [5, 5.41) is 10.5. The van der Waals surface area contributed by atoms with Gasteiger partial charge in [-0.1, -0.05) is 194 Å². The van der Waals surface area contributed by atoms with Gasteiger partial charge in [-0.3, -0.25) is 0 Å². The van der Waals surface area contributed by atoms with E-state index >= 15 is 0 Å². The molecule has 0 N–H and O–H groups in total. The van der Waals surface area contributed by atoms with Crippen molar-refractivity contribution in [1.29, 1.82) is 0 Å². The Morgan fingerprint density at radius 1 is 0.552 bits per heavy atom. The van der Waals surface area contributed by atoms with Crippen LogP contribution in [0, 0.1) is 0 Å². The fourth-order valence-corrected chi connectivity index (χ4v) is 10.9. The number of benzene rings is 6. The van der Waals surface area contributed by atoms with Gasteiger partial charge in [0.1, 0.15) is 0 Å². The van der Waals surface area contributed by atoms with Crippen molar-refractivity contribution < 1.29 is 0 Å². The zero-order valence-corrected chi connectivity index (χ0v) is 34.1. The molecule has 7 aromatic carbocycles. The quantitative estimate of drug-likeness (QED) is 0.160. The second-order valence-corrected chi connectivity index (χ2v) is 17.3. The van der Waals surface area contributed by atoms with Crippen LogP contribution in [0.2, 0.25) is 0 Å². The molecule has 0 atom stereocenters. The van der Waals surface area contributed by atoms with Crippen molar-refractivity contribution in [3.8, 4) is 11.1 Å². The normalized spacial score (nSPS) is 16.7. The van der Waals surface area contributed by atoms with E-state index in [2.05, 4.69) is 207 Å². The Balaban J connectivity index is 1.04. The second-order valence-electron chi connectivity index (χ2n) is 15.1. The topological polar surface area (TPSA) is 0 Å². The lowest BCUT2D eigenvalue weighted by molar-refractivity contribution is 1.23. The van der Waals surface area contributed by atoms with E-state index in [1.54, 1.807) is 0 Å². The van der Waals surface area contributed by atoms with Crippen molar-refractivity contribution >= 4 is 86.7 Å². The summed E-state index contributed by atoms with van der Waals surface area (Å²) < 4.78 is 2.72. The summed E-state index contributed by atoms with van der Waals surface area (Å²) in [6.45, 7) is 2.23. The van der Waals surface area contributed by atoms with Crippen molar-refractivity contribution in [2.75, 3.05) is 0 Å². The van der Waals surface area contributed by atoms with Crippen LogP contribution in [-0.4, -0.2) is 0 Å². The number of thiophene rings is 1. The molecule has 2 heteroatoms. The molecule has 1 aliphatic carbocycles. The van der Waals surface area contributed by atoms with Crippen molar-refractivity contribution in [3.63, 3.8) is 0 Å². The lowest BCUT2D eigenvalue weighted by atomic mass is 9.85. The lowest BCUT2D eigenvalue weighted by Gasteiger charge is -2.18. The predicted molar refractivity (Wildman–Crippen MR) is 257 cm³/mol. The standard InChI is InChI=1S/C56H42S2/c1-38(29-34-44-35-43-33-32-42-36-53-51(37-50(42)56(43)57-44)45-23-17-18-28-52(45)58-53)39-19-9-7-8-12-22-41(31-30-39)55-48-26-15-13-24-46(48)54(47-25-14-16-27-49(47)55)40-20-10-5-3-2-4-6-11-21-40/h2-3,5-19,21-34,36-37H,4,20,35H2,1H3/b3-2-,8-7?,9-7?,10-5-,11-6-,12-8?,19-9?,22-12?,31-30?,38-29+,39-19?,39-30?,40-21?,41-22?,41-31?,44-34+. The van der Waals surface area contributed by atoms with E-state index in [1.165, 1.54) is 101 Å². The highest BCUT2D eigenvalue weighted by molar-refractivity contribution is 8.03. The first-order chi connectivity index (χ1) is 28.7. The largest absolute Gasteiger partial charge is 0.135 e. The summed E-state index contributed by atoms with van der Waals surface area (Å²) in [7, 11) is 0. The molecule has 2 aliphatic rings. The monoisotopic (exact) mass is 778 g/mol. The maximum Gasteiger partial charge on any atom is 0.0361 e. The van der Waals surface area contributed by atoms with Crippen LogP contribution >= 0.6 is 23.1 Å². The molecule has 278 valence electrons. The minimum Gasteiger partial charge on any atom is -0.135 e. The summed E-state index contributed by atoms with van der Waals surface area (Å²) in [6.07, 6.45) is 23.0. The molecule has 8 aromatic rings. The van der Waals surface area contributed by atoms with Crippen LogP contribution in [0.15, 0.2) is 210 Å². The second kappa shape index (κ2) is 16.0. The molecule has 1 aliphatic heterocycles. The van der Waals surface area contributed by atoms with Gasteiger partial charge >= 0.3 is 0 Å². The molecule has 0 unspecified atom stereocenters. The molecule has 58 heavy (non-hydrogen) atoms. The third-order valence-corrected chi connectivity index (χ3v) is 13.8. The highest BCUT2D eigenvalue weighted by Crippen LogP contribution is 2.47. The first-order valence-corrected chi connectivity index (χ1v) is 21.8. The highest BCUT2D eigenvalue weighted by atomic mass is 32.2. The van der Waals surface area contributed by atoms with Gasteiger partial charge in [-0.15, -0.1) is 11.3 Å². The van der Waals surface area contributed by atoms with Gasteiger partial charge in [0, 0.05) is 31.5 Å². The summed E-state index contributed by atoms with van der Waals surface area (Å²) in [5.74, 6) is 0. The molecule has 1 aromatic heterocycles. The minimum absolute atomic E-state index is 0.868. The highest BCUT2D eigenvalue weighted by Gasteiger charge is 2.20. The first kappa shape index (κ1) is 36.2. The van der Waals surface area contributed by atoms with Crippen molar-refractivity contribution in [2.24, 2.45) is 0 Å². The van der Waals surface area contributed by atoms with Gasteiger partial charge in [0.15, 0.2) is 0 Å². The Labute approximate surface area is 348 Å². The van der Waals surface area contributed by atoms with Crippen LogP contribution in [0.4, 0.5) is 0 Å². The maximum atomic E-state index is 2.44. The van der Waals surface area contributed by atoms with Crippen LogP contribution in [-0.2, 0) is 6.42 Å². The molecule has 0 nitrogen and oxygen atoms in total. The molecule has 0 saturated carbocycles. The van der Waals surface area contributed by atoms with E-state index in [0.717, 1.165) is 19.3 Å². The van der Waals surface area contributed by atoms with Gasteiger partial charge < -0.3 is 0 Å².